The van der Waals surface area contributed by atoms with Crippen LogP contribution in [0.25, 0.3) is 0 Å². The van der Waals surface area contributed by atoms with E-state index >= 15 is 0 Å². The molecule has 29 heavy (non-hydrogen) atoms. The summed E-state index contributed by atoms with van der Waals surface area (Å²) >= 11 is 0. The number of fused-ring (bicyclic) bond motifs is 1. The van der Waals surface area contributed by atoms with Crippen LogP contribution in [0.5, 0.6) is 0 Å². The highest BCUT2D eigenvalue weighted by Crippen LogP contribution is 2.39. The van der Waals surface area contributed by atoms with Crippen LogP contribution in [0.2, 0.25) is 0 Å². The molecule has 0 bridgehead atoms. The number of carbonyl (C=O) groups excluding carboxylic acids is 1. The quantitative estimate of drug-likeness (QED) is 0.650. The molecule has 4 rings (SSSR count). The second kappa shape index (κ2) is 10.2. The summed E-state index contributed by atoms with van der Waals surface area (Å²) in [7, 11) is 0. The monoisotopic (exact) mass is 404 g/mol. The van der Waals surface area contributed by atoms with Crippen molar-refractivity contribution >= 4 is 12.4 Å². The standard InChI is InChI=1S/C21H30N2O3.CH2O2/c24-14-16-5-3-15(4-6-16)9-21(26)23-12-17-10-19(22-7-1-2-8-22)20(25)11-18(17)13-23;2-1-3/h3-6,17-20,24-25H,1-2,7-14H2;1H,(H,2,3)/t17-,18+,19-,20-;/m1./s1. The fourth-order valence-corrected chi connectivity index (χ4v) is 5.13. The van der Waals surface area contributed by atoms with E-state index in [9.17, 15) is 9.90 Å². The number of carbonyl (C=O) groups is 2. The number of amides is 1. The molecule has 3 N–H and O–H groups in total. The maximum Gasteiger partial charge on any atom is 0.290 e. The van der Waals surface area contributed by atoms with E-state index < -0.39 is 0 Å². The van der Waals surface area contributed by atoms with Crippen molar-refractivity contribution in [2.24, 2.45) is 11.8 Å². The SMILES string of the molecule is O=C(Cc1ccc(CO)cc1)N1C[C@H]2C[C@@H](N3CCCC3)[C@H](O)C[C@H]2C1.O=CO. The van der Waals surface area contributed by atoms with Gasteiger partial charge in [-0.2, -0.15) is 0 Å². The third kappa shape index (κ3) is 5.35. The number of aliphatic hydroxyl groups excluding tert-OH is 2. The van der Waals surface area contributed by atoms with Crippen molar-refractivity contribution < 1.29 is 24.9 Å². The Labute approximate surface area is 171 Å². The number of aliphatic hydroxyl groups is 2. The Kier molecular flexibility index (Phi) is 7.64. The summed E-state index contributed by atoms with van der Waals surface area (Å²) in [6.45, 7) is 3.65. The molecule has 3 fully saturated rings. The Morgan fingerprint density at radius 1 is 1.03 bits per heavy atom. The molecule has 1 amide bonds. The molecular formula is C22H32N2O5. The first-order chi connectivity index (χ1) is 14.0. The van der Waals surface area contributed by atoms with Gasteiger partial charge in [-0.3, -0.25) is 14.5 Å². The number of hydrogen-bond acceptors (Lipinski definition) is 5. The third-order valence-electron chi connectivity index (χ3n) is 6.63. The fourth-order valence-electron chi connectivity index (χ4n) is 5.13. The lowest BCUT2D eigenvalue weighted by Crippen LogP contribution is -2.48. The summed E-state index contributed by atoms with van der Waals surface area (Å²) < 4.78 is 0. The predicted octanol–water partition coefficient (Wildman–Crippen LogP) is 1.12. The van der Waals surface area contributed by atoms with E-state index in [1.165, 1.54) is 12.8 Å². The maximum atomic E-state index is 12.7. The molecule has 0 radical (unpaired) electrons. The zero-order valence-corrected chi connectivity index (χ0v) is 16.8. The number of hydrogen-bond donors (Lipinski definition) is 3. The van der Waals surface area contributed by atoms with Crippen LogP contribution >= 0.6 is 0 Å². The molecule has 2 aliphatic heterocycles. The lowest BCUT2D eigenvalue weighted by molar-refractivity contribution is -0.129. The first-order valence-electron chi connectivity index (χ1n) is 10.5. The Morgan fingerprint density at radius 3 is 2.17 bits per heavy atom. The van der Waals surface area contributed by atoms with Gasteiger partial charge in [0.2, 0.25) is 5.91 Å². The third-order valence-corrected chi connectivity index (χ3v) is 6.63. The van der Waals surface area contributed by atoms with Crippen LogP contribution in [0.4, 0.5) is 0 Å². The Bertz CT molecular complexity index is 674. The van der Waals surface area contributed by atoms with Crippen LogP contribution in [0.15, 0.2) is 24.3 Å². The lowest BCUT2D eigenvalue weighted by atomic mass is 9.77. The van der Waals surface area contributed by atoms with E-state index in [4.69, 9.17) is 15.0 Å². The number of benzene rings is 1. The zero-order valence-electron chi connectivity index (χ0n) is 16.8. The van der Waals surface area contributed by atoms with Crippen LogP contribution in [0.1, 0.15) is 36.8 Å². The summed E-state index contributed by atoms with van der Waals surface area (Å²) in [5.41, 5.74) is 1.87. The van der Waals surface area contributed by atoms with Crippen molar-refractivity contribution in [1.29, 1.82) is 0 Å². The fraction of sp³-hybridized carbons (Fsp3) is 0.636. The Balaban J connectivity index is 0.000000755. The van der Waals surface area contributed by atoms with Crippen LogP contribution in [0.3, 0.4) is 0 Å². The van der Waals surface area contributed by atoms with Gasteiger partial charge in [0.1, 0.15) is 0 Å². The number of rotatable bonds is 4. The van der Waals surface area contributed by atoms with Gasteiger partial charge < -0.3 is 20.2 Å². The summed E-state index contributed by atoms with van der Waals surface area (Å²) in [5.74, 6) is 1.16. The molecular weight excluding hydrogens is 372 g/mol. The average Bonchev–Trinajstić information content (AvgIpc) is 3.38. The molecule has 1 aliphatic carbocycles. The average molecular weight is 405 g/mol. The summed E-state index contributed by atoms with van der Waals surface area (Å²) in [6.07, 6.45) is 4.54. The van der Waals surface area contributed by atoms with Gasteiger partial charge in [-0.05, 0) is 61.7 Å². The van der Waals surface area contributed by atoms with Crippen LogP contribution in [0, 0.1) is 11.8 Å². The van der Waals surface area contributed by atoms with Gasteiger partial charge in [0.05, 0.1) is 19.1 Å². The molecule has 7 heteroatoms. The minimum atomic E-state index is -0.250. The molecule has 1 aromatic carbocycles. The zero-order chi connectivity index (χ0) is 20.8. The van der Waals surface area contributed by atoms with E-state index in [1.54, 1.807) is 0 Å². The Morgan fingerprint density at radius 2 is 1.59 bits per heavy atom. The highest BCUT2D eigenvalue weighted by molar-refractivity contribution is 5.79. The minimum absolute atomic E-state index is 0.0320. The molecule has 2 saturated heterocycles. The maximum absolute atomic E-state index is 12.7. The first kappa shape index (κ1) is 21.7. The van der Waals surface area contributed by atoms with Gasteiger partial charge in [0.15, 0.2) is 0 Å². The van der Waals surface area contributed by atoms with Crippen molar-refractivity contribution in [3.63, 3.8) is 0 Å². The summed E-state index contributed by atoms with van der Waals surface area (Å²) in [5, 5.41) is 26.6. The van der Waals surface area contributed by atoms with Gasteiger partial charge in [0.25, 0.3) is 6.47 Å². The normalized spacial score (nSPS) is 29.1. The number of nitrogens with zero attached hydrogens (tertiary/aromatic N) is 2. The second-order valence-electron chi connectivity index (χ2n) is 8.42. The molecule has 1 aromatic rings. The topological polar surface area (TPSA) is 101 Å². The van der Waals surface area contributed by atoms with E-state index in [-0.39, 0.29) is 25.1 Å². The lowest BCUT2D eigenvalue weighted by Gasteiger charge is -2.40. The van der Waals surface area contributed by atoms with Gasteiger partial charge in [-0.1, -0.05) is 24.3 Å². The van der Waals surface area contributed by atoms with Crippen LogP contribution in [-0.2, 0) is 22.6 Å². The molecule has 4 atom stereocenters. The minimum Gasteiger partial charge on any atom is -0.483 e. The predicted molar refractivity (Wildman–Crippen MR) is 108 cm³/mol. The van der Waals surface area contributed by atoms with Crippen LogP contribution < -0.4 is 0 Å². The molecule has 0 unspecified atom stereocenters. The van der Waals surface area contributed by atoms with Crippen molar-refractivity contribution in [2.45, 2.75) is 50.9 Å². The van der Waals surface area contributed by atoms with Gasteiger partial charge >= 0.3 is 0 Å². The first-order valence-corrected chi connectivity index (χ1v) is 10.5. The number of carboxylic acid groups (broad SMARTS) is 1. The highest BCUT2D eigenvalue weighted by Gasteiger charge is 2.44. The largest absolute Gasteiger partial charge is 0.483 e. The van der Waals surface area contributed by atoms with Crippen molar-refractivity contribution in [2.75, 3.05) is 26.2 Å². The van der Waals surface area contributed by atoms with Crippen molar-refractivity contribution in [3.05, 3.63) is 35.4 Å². The molecule has 2 heterocycles. The molecule has 3 aliphatic rings. The summed E-state index contributed by atoms with van der Waals surface area (Å²) in [4.78, 5) is 25.6. The van der Waals surface area contributed by atoms with E-state index in [0.29, 0.717) is 24.3 Å². The smallest absolute Gasteiger partial charge is 0.290 e. The number of likely N-dealkylation sites (tertiary alicyclic amines) is 2. The van der Waals surface area contributed by atoms with E-state index in [0.717, 1.165) is 50.1 Å². The van der Waals surface area contributed by atoms with Crippen LogP contribution in [-0.4, -0.2) is 75.8 Å². The molecule has 1 saturated carbocycles. The van der Waals surface area contributed by atoms with Gasteiger partial charge in [-0.15, -0.1) is 0 Å². The van der Waals surface area contributed by atoms with Crippen molar-refractivity contribution in [1.82, 2.24) is 9.80 Å². The highest BCUT2D eigenvalue weighted by atomic mass is 16.3. The van der Waals surface area contributed by atoms with Gasteiger partial charge in [0, 0.05) is 19.1 Å². The molecule has 160 valence electrons. The van der Waals surface area contributed by atoms with Crippen molar-refractivity contribution in [3.8, 4) is 0 Å². The van der Waals surface area contributed by atoms with E-state index in [2.05, 4.69) is 4.90 Å². The van der Waals surface area contributed by atoms with Gasteiger partial charge in [-0.25, -0.2) is 0 Å². The molecule has 7 nitrogen and oxygen atoms in total. The second-order valence-corrected chi connectivity index (χ2v) is 8.42. The van der Waals surface area contributed by atoms with E-state index in [1.807, 2.05) is 29.2 Å². The molecule has 0 aromatic heterocycles. The molecule has 0 spiro atoms. The Hall–Kier alpha value is -1.96. The summed E-state index contributed by atoms with van der Waals surface area (Å²) in [6, 6.07) is 7.91.